The summed E-state index contributed by atoms with van der Waals surface area (Å²) in [5.41, 5.74) is 3.02. The molecule has 0 aromatic heterocycles. The second-order valence-corrected chi connectivity index (χ2v) is 7.45. The minimum absolute atomic E-state index is 0.426. The van der Waals surface area contributed by atoms with E-state index in [9.17, 15) is 9.36 Å². The van der Waals surface area contributed by atoms with Crippen molar-refractivity contribution >= 4 is 18.2 Å². The van der Waals surface area contributed by atoms with Crippen molar-refractivity contribution in [3.63, 3.8) is 0 Å². The predicted octanol–water partition coefficient (Wildman–Crippen LogP) is 4.00. The van der Waals surface area contributed by atoms with Crippen LogP contribution in [0.15, 0.2) is 42.5 Å². The largest absolute Gasteiger partial charge is 0.323 e. The standard InChI is InChI=1S/C17H19O3P/c1-12-10-11-16(14(3)13(12)2)17(18)21(19,20-4)15-8-6-5-7-9-15/h5-11H,1-4H3. The van der Waals surface area contributed by atoms with Crippen LogP contribution in [0.5, 0.6) is 0 Å². The van der Waals surface area contributed by atoms with Crippen LogP contribution in [0.2, 0.25) is 0 Å². The number of carbonyl (C=O) groups is 1. The molecule has 2 aromatic carbocycles. The van der Waals surface area contributed by atoms with Crippen molar-refractivity contribution in [2.45, 2.75) is 20.8 Å². The monoisotopic (exact) mass is 302 g/mol. The number of hydrogen-bond donors (Lipinski definition) is 0. The molecule has 0 amide bonds. The van der Waals surface area contributed by atoms with Crippen LogP contribution < -0.4 is 5.30 Å². The average molecular weight is 302 g/mol. The lowest BCUT2D eigenvalue weighted by Crippen LogP contribution is -2.15. The van der Waals surface area contributed by atoms with E-state index in [2.05, 4.69) is 0 Å². The Morgan fingerprint density at radius 3 is 2.14 bits per heavy atom. The quantitative estimate of drug-likeness (QED) is 0.802. The maximum atomic E-state index is 13.1. The van der Waals surface area contributed by atoms with Crippen LogP contribution in [0.4, 0.5) is 0 Å². The van der Waals surface area contributed by atoms with Crippen molar-refractivity contribution in [3.05, 3.63) is 64.7 Å². The van der Waals surface area contributed by atoms with Gasteiger partial charge in [0.1, 0.15) is 0 Å². The van der Waals surface area contributed by atoms with Crippen LogP contribution in [0.1, 0.15) is 27.0 Å². The third kappa shape index (κ3) is 2.72. The highest BCUT2D eigenvalue weighted by molar-refractivity contribution is 7.83. The van der Waals surface area contributed by atoms with E-state index in [1.807, 2.05) is 32.9 Å². The molecule has 0 fully saturated rings. The molecule has 0 radical (unpaired) electrons. The summed E-state index contributed by atoms with van der Waals surface area (Å²) in [6.45, 7) is 5.83. The van der Waals surface area contributed by atoms with Gasteiger partial charge in [0.05, 0.1) is 0 Å². The fourth-order valence-corrected chi connectivity index (χ4v) is 4.01. The fraction of sp³-hybridized carbons (Fsp3) is 0.235. The van der Waals surface area contributed by atoms with Gasteiger partial charge in [-0.15, -0.1) is 0 Å². The maximum Gasteiger partial charge on any atom is 0.300 e. The number of aryl methyl sites for hydroxylation is 1. The second kappa shape index (κ2) is 5.97. The molecular formula is C17H19O3P. The molecule has 21 heavy (non-hydrogen) atoms. The minimum Gasteiger partial charge on any atom is -0.323 e. The summed E-state index contributed by atoms with van der Waals surface area (Å²) in [4.78, 5) is 12.8. The summed E-state index contributed by atoms with van der Waals surface area (Å²) >= 11 is 0. The van der Waals surface area contributed by atoms with Gasteiger partial charge >= 0.3 is 7.37 Å². The molecule has 110 valence electrons. The van der Waals surface area contributed by atoms with Gasteiger partial charge in [-0.25, -0.2) is 0 Å². The number of hydrogen-bond acceptors (Lipinski definition) is 3. The zero-order chi connectivity index (χ0) is 15.6. The molecule has 0 heterocycles. The lowest BCUT2D eigenvalue weighted by molar-refractivity contribution is 0.106. The van der Waals surface area contributed by atoms with Crippen LogP contribution in [-0.4, -0.2) is 12.6 Å². The van der Waals surface area contributed by atoms with Crippen molar-refractivity contribution < 1.29 is 13.9 Å². The molecule has 0 N–H and O–H groups in total. The van der Waals surface area contributed by atoms with E-state index in [-0.39, 0.29) is 0 Å². The van der Waals surface area contributed by atoms with Crippen LogP contribution in [0, 0.1) is 20.8 Å². The molecule has 2 rings (SSSR count). The highest BCUT2D eigenvalue weighted by atomic mass is 31.2. The van der Waals surface area contributed by atoms with Crippen LogP contribution in [-0.2, 0) is 9.09 Å². The van der Waals surface area contributed by atoms with Gasteiger partial charge in [-0.1, -0.05) is 30.3 Å². The first-order chi connectivity index (χ1) is 9.91. The molecule has 1 unspecified atom stereocenters. The Bertz CT molecular complexity index is 720. The van der Waals surface area contributed by atoms with Crippen molar-refractivity contribution in [1.82, 2.24) is 0 Å². The Labute approximate surface area is 125 Å². The van der Waals surface area contributed by atoms with Crippen molar-refractivity contribution in [1.29, 1.82) is 0 Å². The average Bonchev–Trinajstić information content (AvgIpc) is 2.52. The van der Waals surface area contributed by atoms with Gasteiger partial charge in [0, 0.05) is 18.0 Å². The molecule has 2 aromatic rings. The molecule has 4 heteroatoms. The van der Waals surface area contributed by atoms with Crippen molar-refractivity contribution in [2.24, 2.45) is 0 Å². The summed E-state index contributed by atoms with van der Waals surface area (Å²) < 4.78 is 18.2. The summed E-state index contributed by atoms with van der Waals surface area (Å²) in [7, 11) is -2.24. The van der Waals surface area contributed by atoms with Gasteiger partial charge in [0.25, 0.3) is 5.52 Å². The van der Waals surface area contributed by atoms with Crippen molar-refractivity contribution in [2.75, 3.05) is 7.11 Å². The van der Waals surface area contributed by atoms with E-state index in [1.165, 1.54) is 7.11 Å². The van der Waals surface area contributed by atoms with Gasteiger partial charge in [-0.3, -0.25) is 9.36 Å². The zero-order valence-electron chi connectivity index (χ0n) is 12.7. The molecule has 3 nitrogen and oxygen atoms in total. The lowest BCUT2D eigenvalue weighted by atomic mass is 10.00. The normalized spacial score (nSPS) is 13.7. The first-order valence-electron chi connectivity index (χ1n) is 6.75. The summed E-state index contributed by atoms with van der Waals surface area (Å²) in [5, 5.41) is 0.426. The number of benzene rings is 2. The van der Waals surface area contributed by atoms with Crippen LogP contribution in [0.25, 0.3) is 0 Å². The molecular weight excluding hydrogens is 283 g/mol. The van der Waals surface area contributed by atoms with Crippen LogP contribution in [0.3, 0.4) is 0 Å². The number of carbonyl (C=O) groups excluding carboxylic acids is 1. The highest BCUT2D eigenvalue weighted by Gasteiger charge is 2.35. The SMILES string of the molecule is COP(=O)(C(=O)c1ccc(C)c(C)c1C)c1ccccc1. The predicted molar refractivity (Wildman–Crippen MR) is 85.7 cm³/mol. The Balaban J connectivity index is 2.57. The number of rotatable bonds is 4. The van der Waals surface area contributed by atoms with Crippen molar-refractivity contribution in [3.8, 4) is 0 Å². The van der Waals surface area contributed by atoms with Crippen LogP contribution >= 0.6 is 7.37 Å². The van der Waals surface area contributed by atoms with E-state index < -0.39 is 12.9 Å². The molecule has 0 saturated carbocycles. The Morgan fingerprint density at radius 2 is 1.57 bits per heavy atom. The smallest absolute Gasteiger partial charge is 0.300 e. The highest BCUT2D eigenvalue weighted by Crippen LogP contribution is 2.48. The molecule has 0 aliphatic heterocycles. The third-order valence-corrected chi connectivity index (χ3v) is 6.18. The Hall–Kier alpha value is -1.70. The molecule has 0 aliphatic rings. The van der Waals surface area contributed by atoms with E-state index in [0.29, 0.717) is 10.9 Å². The third-order valence-electron chi connectivity index (χ3n) is 3.91. The van der Waals surface area contributed by atoms with Gasteiger partial charge in [-0.2, -0.15) is 0 Å². The topological polar surface area (TPSA) is 43.4 Å². The molecule has 1 atom stereocenters. The lowest BCUT2D eigenvalue weighted by Gasteiger charge is -2.17. The first kappa shape index (κ1) is 15.7. The van der Waals surface area contributed by atoms with Gasteiger partial charge in [-0.05, 0) is 49.6 Å². The first-order valence-corrected chi connectivity index (χ1v) is 8.37. The Morgan fingerprint density at radius 1 is 0.952 bits per heavy atom. The Kier molecular flexibility index (Phi) is 4.46. The van der Waals surface area contributed by atoms with Gasteiger partial charge in [0.15, 0.2) is 0 Å². The summed E-state index contributed by atoms with van der Waals surface area (Å²) in [6, 6.07) is 12.3. The van der Waals surface area contributed by atoms with E-state index >= 15 is 0 Å². The minimum atomic E-state index is -3.57. The molecule has 0 saturated heterocycles. The van der Waals surface area contributed by atoms with E-state index in [0.717, 1.165) is 16.7 Å². The van der Waals surface area contributed by atoms with Gasteiger partial charge < -0.3 is 4.52 Å². The van der Waals surface area contributed by atoms with E-state index in [1.54, 1.807) is 30.3 Å². The van der Waals surface area contributed by atoms with E-state index in [4.69, 9.17) is 4.52 Å². The summed E-state index contributed by atoms with van der Waals surface area (Å²) in [5.74, 6) is 0. The maximum absolute atomic E-state index is 13.1. The molecule has 0 aliphatic carbocycles. The zero-order valence-corrected chi connectivity index (χ0v) is 13.6. The summed E-state index contributed by atoms with van der Waals surface area (Å²) in [6.07, 6.45) is 0. The van der Waals surface area contributed by atoms with Gasteiger partial charge in [0.2, 0.25) is 0 Å². The molecule has 0 spiro atoms. The molecule has 0 bridgehead atoms. The fourth-order valence-electron chi connectivity index (χ4n) is 2.28. The second-order valence-electron chi connectivity index (χ2n) is 5.05.